The lowest BCUT2D eigenvalue weighted by Gasteiger charge is -2.15. The van der Waals surface area contributed by atoms with Gasteiger partial charge in [0, 0.05) is 18.3 Å². The number of nitrogens with zero attached hydrogens (tertiary/aromatic N) is 3. The summed E-state index contributed by atoms with van der Waals surface area (Å²) in [5.41, 5.74) is 4.54. The lowest BCUT2D eigenvalue weighted by molar-refractivity contribution is 0.0996. The van der Waals surface area contributed by atoms with Crippen LogP contribution in [-0.2, 0) is 13.6 Å². The molecule has 2 aromatic carbocycles. The molecule has 0 saturated heterocycles. The molecule has 1 amide bonds. The Balaban J connectivity index is 1.75. The molecule has 2 heterocycles. The van der Waals surface area contributed by atoms with Crippen LogP contribution in [0.5, 0.6) is 5.75 Å². The van der Waals surface area contributed by atoms with Gasteiger partial charge in [0.15, 0.2) is 0 Å². The van der Waals surface area contributed by atoms with Gasteiger partial charge < -0.3 is 14.2 Å². The van der Waals surface area contributed by atoms with Gasteiger partial charge in [-0.15, -0.1) is 0 Å². The third-order valence-corrected chi connectivity index (χ3v) is 4.14. The summed E-state index contributed by atoms with van der Waals surface area (Å²) in [7, 11) is 3.56. The average molecular weight is 293 g/mol. The van der Waals surface area contributed by atoms with E-state index >= 15 is 0 Å². The Hall–Kier alpha value is -2.82. The van der Waals surface area contributed by atoms with Crippen LogP contribution in [-0.4, -0.2) is 22.6 Å². The van der Waals surface area contributed by atoms with E-state index < -0.39 is 0 Å². The van der Waals surface area contributed by atoms with Crippen molar-refractivity contribution in [3.63, 3.8) is 0 Å². The van der Waals surface area contributed by atoms with Gasteiger partial charge in [-0.2, -0.15) is 0 Å². The zero-order chi connectivity index (χ0) is 15.3. The van der Waals surface area contributed by atoms with Crippen molar-refractivity contribution in [3.05, 3.63) is 53.9 Å². The molecule has 0 aliphatic carbocycles. The van der Waals surface area contributed by atoms with Gasteiger partial charge >= 0.3 is 0 Å². The zero-order valence-corrected chi connectivity index (χ0v) is 12.4. The van der Waals surface area contributed by atoms with E-state index in [1.807, 2.05) is 41.9 Å². The number of rotatable bonds is 2. The number of carbonyl (C=O) groups is 1. The molecule has 110 valence electrons. The van der Waals surface area contributed by atoms with Crippen molar-refractivity contribution >= 4 is 22.6 Å². The fraction of sp³-hybridized carbons (Fsp3) is 0.176. The van der Waals surface area contributed by atoms with E-state index in [0.29, 0.717) is 17.9 Å². The Morgan fingerprint density at radius 1 is 1.18 bits per heavy atom. The number of hydrogen-bond acceptors (Lipinski definition) is 3. The number of methoxy groups -OCH3 is 1. The molecule has 0 bridgehead atoms. The van der Waals surface area contributed by atoms with Crippen LogP contribution in [0.15, 0.2) is 42.7 Å². The van der Waals surface area contributed by atoms with Gasteiger partial charge in [-0.05, 0) is 35.9 Å². The number of anilines is 1. The first kappa shape index (κ1) is 12.9. The molecule has 0 N–H and O–H groups in total. The highest BCUT2D eigenvalue weighted by Gasteiger charge is 2.29. The van der Waals surface area contributed by atoms with E-state index in [-0.39, 0.29) is 5.91 Å². The second kappa shape index (κ2) is 4.59. The molecule has 1 aromatic heterocycles. The SMILES string of the molecule is COc1ccc2c(c1)C(=O)N(c1ccc3c(c1)ncn3C)C2. The maximum absolute atomic E-state index is 12.7. The predicted molar refractivity (Wildman–Crippen MR) is 84.2 cm³/mol. The lowest BCUT2D eigenvalue weighted by atomic mass is 10.1. The Bertz CT molecular complexity index is 898. The van der Waals surface area contributed by atoms with Crippen molar-refractivity contribution in [2.75, 3.05) is 12.0 Å². The molecule has 3 aromatic rings. The molecule has 0 radical (unpaired) electrons. The van der Waals surface area contributed by atoms with Gasteiger partial charge in [0.05, 0.1) is 31.0 Å². The maximum Gasteiger partial charge on any atom is 0.259 e. The monoisotopic (exact) mass is 293 g/mol. The molecule has 1 aliphatic rings. The number of imidazole rings is 1. The first-order valence-corrected chi connectivity index (χ1v) is 7.07. The summed E-state index contributed by atoms with van der Waals surface area (Å²) in [6, 6.07) is 11.6. The Labute approximate surface area is 127 Å². The molecule has 0 saturated carbocycles. The van der Waals surface area contributed by atoms with Crippen molar-refractivity contribution in [3.8, 4) is 5.75 Å². The van der Waals surface area contributed by atoms with Crippen molar-refractivity contribution in [1.29, 1.82) is 0 Å². The fourth-order valence-electron chi connectivity index (χ4n) is 2.91. The Morgan fingerprint density at radius 2 is 2.05 bits per heavy atom. The standard InChI is InChI=1S/C17H15N3O2/c1-19-10-18-15-7-12(4-6-16(15)19)20-9-11-3-5-13(22-2)8-14(11)17(20)21/h3-8,10H,9H2,1-2H3. The number of aromatic nitrogens is 2. The van der Waals surface area contributed by atoms with Gasteiger partial charge in [-0.1, -0.05) is 6.07 Å². The van der Waals surface area contributed by atoms with E-state index in [0.717, 1.165) is 22.3 Å². The first-order chi connectivity index (χ1) is 10.7. The maximum atomic E-state index is 12.7. The molecule has 0 fully saturated rings. The predicted octanol–water partition coefficient (Wildman–Crippen LogP) is 2.74. The third-order valence-electron chi connectivity index (χ3n) is 4.14. The molecule has 0 atom stereocenters. The molecular weight excluding hydrogens is 278 g/mol. The summed E-state index contributed by atoms with van der Waals surface area (Å²) in [5.74, 6) is 0.707. The summed E-state index contributed by atoms with van der Waals surface area (Å²) in [5, 5.41) is 0. The second-order valence-corrected chi connectivity index (χ2v) is 5.44. The quantitative estimate of drug-likeness (QED) is 0.730. The van der Waals surface area contributed by atoms with E-state index in [4.69, 9.17) is 4.74 Å². The van der Waals surface area contributed by atoms with Crippen LogP contribution >= 0.6 is 0 Å². The minimum Gasteiger partial charge on any atom is -0.497 e. The van der Waals surface area contributed by atoms with Crippen molar-refractivity contribution in [2.24, 2.45) is 7.05 Å². The van der Waals surface area contributed by atoms with Gasteiger partial charge in [0.1, 0.15) is 5.75 Å². The van der Waals surface area contributed by atoms with Crippen molar-refractivity contribution < 1.29 is 9.53 Å². The number of hydrogen-bond donors (Lipinski definition) is 0. The van der Waals surface area contributed by atoms with Crippen molar-refractivity contribution in [2.45, 2.75) is 6.54 Å². The Morgan fingerprint density at radius 3 is 2.86 bits per heavy atom. The zero-order valence-electron chi connectivity index (χ0n) is 12.4. The molecule has 5 heteroatoms. The van der Waals surface area contributed by atoms with Crippen LogP contribution in [0.3, 0.4) is 0 Å². The summed E-state index contributed by atoms with van der Waals surface area (Å²) in [4.78, 5) is 18.8. The molecule has 1 aliphatic heterocycles. The Kier molecular flexibility index (Phi) is 2.69. The van der Waals surface area contributed by atoms with Crippen molar-refractivity contribution in [1.82, 2.24) is 9.55 Å². The van der Waals surface area contributed by atoms with Gasteiger partial charge in [-0.25, -0.2) is 4.98 Å². The van der Waals surface area contributed by atoms with E-state index in [9.17, 15) is 4.79 Å². The number of carbonyl (C=O) groups excluding carboxylic acids is 1. The van der Waals surface area contributed by atoms with Crippen LogP contribution in [0.25, 0.3) is 11.0 Å². The molecule has 22 heavy (non-hydrogen) atoms. The number of benzene rings is 2. The number of ether oxygens (including phenoxy) is 1. The summed E-state index contributed by atoms with van der Waals surface area (Å²) < 4.78 is 7.17. The molecule has 0 spiro atoms. The minimum absolute atomic E-state index is 0.00387. The van der Waals surface area contributed by atoms with E-state index in [1.165, 1.54) is 0 Å². The van der Waals surface area contributed by atoms with Gasteiger partial charge in [0.25, 0.3) is 5.91 Å². The molecule has 0 unspecified atom stereocenters. The van der Waals surface area contributed by atoms with Crippen LogP contribution in [0, 0.1) is 0 Å². The number of aryl methyl sites for hydroxylation is 1. The van der Waals surface area contributed by atoms with Crippen LogP contribution in [0.2, 0.25) is 0 Å². The van der Waals surface area contributed by atoms with E-state index in [1.54, 1.807) is 24.4 Å². The minimum atomic E-state index is 0.00387. The smallest absolute Gasteiger partial charge is 0.259 e. The first-order valence-electron chi connectivity index (χ1n) is 7.07. The molecular formula is C17H15N3O2. The van der Waals surface area contributed by atoms with Crippen LogP contribution < -0.4 is 9.64 Å². The largest absolute Gasteiger partial charge is 0.497 e. The highest BCUT2D eigenvalue weighted by atomic mass is 16.5. The second-order valence-electron chi connectivity index (χ2n) is 5.44. The average Bonchev–Trinajstić information content (AvgIpc) is 3.08. The summed E-state index contributed by atoms with van der Waals surface area (Å²) in [6.45, 7) is 0.580. The van der Waals surface area contributed by atoms with Gasteiger partial charge in [-0.3, -0.25) is 4.79 Å². The summed E-state index contributed by atoms with van der Waals surface area (Å²) >= 11 is 0. The normalized spacial score (nSPS) is 13.7. The fourth-order valence-corrected chi connectivity index (χ4v) is 2.91. The van der Waals surface area contributed by atoms with Gasteiger partial charge in [0.2, 0.25) is 0 Å². The lowest BCUT2D eigenvalue weighted by Crippen LogP contribution is -2.22. The number of amides is 1. The molecule has 4 rings (SSSR count). The molecule has 5 nitrogen and oxygen atoms in total. The highest BCUT2D eigenvalue weighted by Crippen LogP contribution is 2.31. The van der Waals surface area contributed by atoms with Crippen LogP contribution in [0.1, 0.15) is 15.9 Å². The van der Waals surface area contributed by atoms with Crippen LogP contribution in [0.4, 0.5) is 5.69 Å². The van der Waals surface area contributed by atoms with E-state index in [2.05, 4.69) is 4.98 Å². The third kappa shape index (κ3) is 1.79. The number of fused-ring (bicyclic) bond motifs is 2. The summed E-state index contributed by atoms with van der Waals surface area (Å²) in [6.07, 6.45) is 1.78. The highest BCUT2D eigenvalue weighted by molar-refractivity contribution is 6.10. The topological polar surface area (TPSA) is 47.4 Å².